The van der Waals surface area contributed by atoms with Gasteiger partial charge in [0.25, 0.3) is 0 Å². The van der Waals surface area contributed by atoms with Gasteiger partial charge in [-0.15, -0.1) is 0 Å². The van der Waals surface area contributed by atoms with Crippen LogP contribution >= 0.6 is 0 Å². The smallest absolute Gasteiger partial charge is 0.214 e. The molecule has 0 saturated carbocycles. The van der Waals surface area contributed by atoms with Crippen LogP contribution in [-0.2, 0) is 4.79 Å². The van der Waals surface area contributed by atoms with Crippen molar-refractivity contribution in [1.29, 1.82) is 0 Å². The molecule has 1 aromatic rings. The molecular weight excluding hydrogens is 271 g/mol. The van der Waals surface area contributed by atoms with E-state index in [2.05, 4.69) is 20.7 Å². The molecule has 5 nitrogen and oxygen atoms in total. The molecule has 0 atom stereocenters. The molecule has 0 unspecified atom stereocenters. The summed E-state index contributed by atoms with van der Waals surface area (Å²) in [5.41, 5.74) is 6.50. The molecule has 3 rings (SSSR count). The summed E-state index contributed by atoms with van der Waals surface area (Å²) in [6.07, 6.45) is 1.62. The van der Waals surface area contributed by atoms with Gasteiger partial charge in [0, 0.05) is 6.92 Å². The van der Waals surface area contributed by atoms with Crippen LogP contribution in [0.15, 0.2) is 27.1 Å². The fourth-order valence-corrected chi connectivity index (χ4v) is 3.26. The largest absolute Gasteiger partial charge is 0.370 e. The number of hydrogen-bond acceptors (Lipinski definition) is 4. The minimum Gasteiger partial charge on any atom is -0.370 e. The summed E-state index contributed by atoms with van der Waals surface area (Å²) in [6, 6.07) is 4.03. The van der Waals surface area contributed by atoms with Crippen molar-refractivity contribution in [3.05, 3.63) is 22.8 Å². The molecule has 0 aromatic heterocycles. The Kier molecular flexibility index (Phi) is 3.12. The van der Waals surface area contributed by atoms with Gasteiger partial charge in [0.2, 0.25) is 5.91 Å². The molecule has 2 N–H and O–H groups in total. The van der Waals surface area contributed by atoms with Gasteiger partial charge in [0.15, 0.2) is 0 Å². The molecule has 0 bridgehead atoms. The Hall–Kier alpha value is -1.52. The van der Waals surface area contributed by atoms with Crippen molar-refractivity contribution in [2.75, 3.05) is 5.44 Å². The molecule has 6 heteroatoms. The van der Waals surface area contributed by atoms with Crippen LogP contribution in [0.2, 0.25) is 0 Å². The minimum absolute atomic E-state index is 0.333. The third-order valence-corrected chi connectivity index (χ3v) is 3.91. The normalized spacial score (nSPS) is 14.1. The number of nitrogens with two attached hydrogens (primary N) is 1. The second-order valence-corrected chi connectivity index (χ2v) is 5.20. The van der Waals surface area contributed by atoms with Gasteiger partial charge in [0.1, 0.15) is 0 Å². The third kappa shape index (κ3) is 2.18. The Bertz CT molecular complexity index is 575. The first-order chi connectivity index (χ1) is 7.68. The molecule has 0 radical (unpaired) electrons. The van der Waals surface area contributed by atoms with Gasteiger partial charge in [-0.1, -0.05) is 0 Å². The first-order valence-electron chi connectivity index (χ1n) is 4.65. The zero-order valence-electron chi connectivity index (χ0n) is 8.67. The van der Waals surface area contributed by atoms with Crippen LogP contribution in [0.5, 0.6) is 0 Å². The Balaban J connectivity index is 0.000000212. The maximum absolute atomic E-state index is 9.22. The summed E-state index contributed by atoms with van der Waals surface area (Å²) in [5, 5.41) is 2.13. The van der Waals surface area contributed by atoms with E-state index in [4.69, 9.17) is 0 Å². The van der Waals surface area contributed by atoms with E-state index in [9.17, 15) is 4.79 Å². The Morgan fingerprint density at radius 3 is 2.88 bits per heavy atom. The van der Waals surface area contributed by atoms with Gasteiger partial charge in [0.05, 0.1) is 0 Å². The van der Waals surface area contributed by atoms with Crippen molar-refractivity contribution in [3.8, 4) is 0 Å². The van der Waals surface area contributed by atoms with E-state index in [0.717, 1.165) is 21.8 Å². The SMILES string of the molecule is C1=Nc2c3c(ccc2=N1)=NC[Se]3.CC(N)=O. The van der Waals surface area contributed by atoms with Crippen molar-refractivity contribution < 1.29 is 4.79 Å². The van der Waals surface area contributed by atoms with Crippen molar-refractivity contribution in [3.63, 3.8) is 0 Å². The average molecular weight is 281 g/mol. The molecule has 0 fully saturated rings. The summed E-state index contributed by atoms with van der Waals surface area (Å²) in [4.78, 5) is 22.0. The number of carbonyl (C=O) groups is 1. The summed E-state index contributed by atoms with van der Waals surface area (Å²) in [6.45, 7) is 1.31. The van der Waals surface area contributed by atoms with E-state index in [1.165, 1.54) is 11.4 Å². The second-order valence-electron chi connectivity index (χ2n) is 3.20. The van der Waals surface area contributed by atoms with E-state index in [1.807, 2.05) is 12.1 Å². The molecule has 2 aliphatic rings. The van der Waals surface area contributed by atoms with Crippen LogP contribution < -0.4 is 20.9 Å². The van der Waals surface area contributed by atoms with Gasteiger partial charge >= 0.3 is 74.7 Å². The van der Waals surface area contributed by atoms with Crippen LogP contribution in [0.3, 0.4) is 0 Å². The van der Waals surface area contributed by atoms with Crippen LogP contribution in [0.4, 0.5) is 5.69 Å². The van der Waals surface area contributed by atoms with Gasteiger partial charge in [-0.3, -0.25) is 4.79 Å². The summed E-state index contributed by atoms with van der Waals surface area (Å²) >= 11 is 0.484. The predicted molar refractivity (Wildman–Crippen MR) is 62.0 cm³/mol. The molecule has 16 heavy (non-hydrogen) atoms. The molecule has 1 amide bonds. The molecule has 0 saturated heterocycles. The zero-order chi connectivity index (χ0) is 11.5. The van der Waals surface area contributed by atoms with E-state index < -0.39 is 0 Å². The van der Waals surface area contributed by atoms with Gasteiger partial charge < -0.3 is 5.73 Å². The van der Waals surface area contributed by atoms with Crippen molar-refractivity contribution >= 4 is 37.4 Å². The summed E-state index contributed by atoms with van der Waals surface area (Å²) in [7, 11) is 0. The number of fused-ring (bicyclic) bond motifs is 3. The topological polar surface area (TPSA) is 80.2 Å². The molecule has 1 aromatic carbocycles. The number of rotatable bonds is 0. The zero-order valence-corrected chi connectivity index (χ0v) is 10.4. The van der Waals surface area contributed by atoms with Gasteiger partial charge in [-0.05, 0) is 0 Å². The number of hydrogen-bond donors (Lipinski definition) is 1. The molecule has 2 aliphatic heterocycles. The first kappa shape index (κ1) is 11.0. The quantitative estimate of drug-likeness (QED) is 0.571. The second kappa shape index (κ2) is 4.55. The number of amides is 1. The maximum atomic E-state index is 9.22. The first-order valence-corrected chi connectivity index (χ1v) is 6.72. The minimum atomic E-state index is -0.333. The Morgan fingerprint density at radius 2 is 2.12 bits per heavy atom. The number of benzene rings is 1. The third-order valence-electron chi connectivity index (χ3n) is 1.92. The van der Waals surface area contributed by atoms with E-state index in [0.29, 0.717) is 15.0 Å². The number of aliphatic imine (C=N–C) groups is 1. The standard InChI is InChI=1S/C8H5N3Se.C2H5NO/c1-2-6-8(12-4-11-6)7-5(1)9-3-10-7;1-2(3)4/h1-3H,4H2;1H3,(H2,3,4). The van der Waals surface area contributed by atoms with Crippen molar-refractivity contribution in [1.82, 2.24) is 0 Å². The number of primary amides is 1. The molecular formula is C10H10N4OSe. The maximum Gasteiger partial charge on any atom is 0.214 e. The van der Waals surface area contributed by atoms with Crippen LogP contribution in [0.25, 0.3) is 0 Å². The monoisotopic (exact) mass is 282 g/mol. The summed E-state index contributed by atoms with van der Waals surface area (Å²) in [5.74, 6) is -0.333. The van der Waals surface area contributed by atoms with E-state index >= 15 is 0 Å². The fraction of sp³-hybridized carbons (Fsp3) is 0.200. The summed E-state index contributed by atoms with van der Waals surface area (Å²) < 4.78 is 1.33. The predicted octanol–water partition coefficient (Wildman–Crippen LogP) is -1.61. The fourth-order valence-electron chi connectivity index (χ4n) is 1.36. The van der Waals surface area contributed by atoms with Crippen LogP contribution in [0.1, 0.15) is 6.92 Å². The molecule has 2 heterocycles. The molecule has 0 aliphatic carbocycles. The number of carbonyl (C=O) groups excluding carboxylic acids is 1. The Labute approximate surface area is 98.4 Å². The number of nitrogens with zero attached hydrogens (tertiary/aromatic N) is 3. The van der Waals surface area contributed by atoms with Gasteiger partial charge in [-0.2, -0.15) is 0 Å². The van der Waals surface area contributed by atoms with Crippen molar-refractivity contribution in [2.45, 2.75) is 6.92 Å². The molecule has 0 spiro atoms. The average Bonchev–Trinajstić information content (AvgIpc) is 2.84. The van der Waals surface area contributed by atoms with Crippen LogP contribution in [0, 0.1) is 0 Å². The van der Waals surface area contributed by atoms with E-state index in [-0.39, 0.29) is 5.91 Å². The molecule has 82 valence electrons. The van der Waals surface area contributed by atoms with Crippen molar-refractivity contribution in [2.24, 2.45) is 20.7 Å². The van der Waals surface area contributed by atoms with Gasteiger partial charge in [-0.25, -0.2) is 0 Å². The van der Waals surface area contributed by atoms with E-state index in [1.54, 1.807) is 6.34 Å². The Morgan fingerprint density at radius 1 is 1.44 bits per heavy atom. The van der Waals surface area contributed by atoms with Crippen LogP contribution in [-0.4, -0.2) is 32.6 Å².